The predicted molar refractivity (Wildman–Crippen MR) is 79.5 cm³/mol. The molecule has 0 fully saturated rings. The molecule has 2 aromatic heterocycles. The van der Waals surface area contributed by atoms with E-state index in [0.717, 1.165) is 9.13 Å². The maximum atomic E-state index is 5.65. The van der Waals surface area contributed by atoms with E-state index in [4.69, 9.17) is 5.73 Å². The van der Waals surface area contributed by atoms with Crippen molar-refractivity contribution in [3.05, 3.63) is 46.6 Å². The number of rotatable bonds is 2. The van der Waals surface area contributed by atoms with Crippen molar-refractivity contribution >= 4 is 28.3 Å². The largest absolute Gasteiger partial charge is 0.399 e. The van der Waals surface area contributed by atoms with Gasteiger partial charge in [0.2, 0.25) is 0 Å². The van der Waals surface area contributed by atoms with Crippen LogP contribution < -0.4 is 5.73 Å². The molecule has 0 spiro atoms. The second-order valence-corrected chi connectivity index (χ2v) is 5.08. The molecule has 0 radical (unpaired) electrons. The smallest absolute Gasteiger partial charge is 0.252 e. The highest BCUT2D eigenvalue weighted by atomic mass is 127. The number of halogens is 1. The van der Waals surface area contributed by atoms with Crippen LogP contribution in [0.5, 0.6) is 0 Å². The highest BCUT2D eigenvalue weighted by Crippen LogP contribution is 2.16. The third kappa shape index (κ3) is 2.55. The van der Waals surface area contributed by atoms with E-state index in [2.05, 4.69) is 42.6 Å². The molecule has 1 aromatic carbocycles. The Labute approximate surface area is 122 Å². The molecular weight excluding hydrogens is 355 g/mol. The Hall–Kier alpha value is -2.03. The molecule has 6 nitrogen and oxygen atoms in total. The summed E-state index contributed by atoms with van der Waals surface area (Å²) in [6.45, 7) is 0. The molecule has 0 aliphatic heterocycles. The third-order valence-electron chi connectivity index (χ3n) is 2.47. The fraction of sp³-hybridized carbons (Fsp3) is 0. The summed E-state index contributed by atoms with van der Waals surface area (Å²) in [5.41, 5.74) is 7.26. The molecule has 2 heterocycles. The third-order valence-corrected chi connectivity index (χ3v) is 3.03. The van der Waals surface area contributed by atoms with E-state index < -0.39 is 0 Å². The fourth-order valence-corrected chi connectivity index (χ4v) is 1.83. The second kappa shape index (κ2) is 4.92. The number of nitrogens with zero attached hydrogens (tertiary/aromatic N) is 5. The first-order valence-electron chi connectivity index (χ1n) is 5.48. The molecule has 0 bridgehead atoms. The van der Waals surface area contributed by atoms with Crippen molar-refractivity contribution in [2.45, 2.75) is 0 Å². The SMILES string of the molecule is Nc1ccc(-c2ncn(-c3ncc(I)cn3)n2)cc1. The molecule has 0 saturated carbocycles. The van der Waals surface area contributed by atoms with Gasteiger partial charge in [-0.1, -0.05) is 0 Å². The highest BCUT2D eigenvalue weighted by molar-refractivity contribution is 14.1. The van der Waals surface area contributed by atoms with Crippen LogP contribution >= 0.6 is 22.6 Å². The molecule has 0 aliphatic carbocycles. The number of benzene rings is 1. The highest BCUT2D eigenvalue weighted by Gasteiger charge is 2.06. The van der Waals surface area contributed by atoms with Crippen molar-refractivity contribution in [1.82, 2.24) is 24.7 Å². The predicted octanol–water partition coefficient (Wildman–Crippen LogP) is 1.91. The number of nitrogen functional groups attached to an aromatic ring is 1. The summed E-state index contributed by atoms with van der Waals surface area (Å²) in [6.07, 6.45) is 5.05. The van der Waals surface area contributed by atoms with Gasteiger partial charge in [0.05, 0.1) is 0 Å². The van der Waals surface area contributed by atoms with Crippen molar-refractivity contribution in [2.24, 2.45) is 0 Å². The Bertz CT molecular complexity index is 629. The van der Waals surface area contributed by atoms with Gasteiger partial charge >= 0.3 is 0 Å². The van der Waals surface area contributed by atoms with Gasteiger partial charge in [0.25, 0.3) is 5.95 Å². The molecule has 19 heavy (non-hydrogen) atoms. The van der Waals surface area contributed by atoms with Gasteiger partial charge in [-0.3, -0.25) is 0 Å². The van der Waals surface area contributed by atoms with Crippen LogP contribution in [0.15, 0.2) is 43.0 Å². The van der Waals surface area contributed by atoms with Crippen molar-refractivity contribution in [3.8, 4) is 17.3 Å². The first kappa shape index (κ1) is 12.0. The summed E-state index contributed by atoms with van der Waals surface area (Å²) in [5.74, 6) is 1.11. The number of hydrogen-bond donors (Lipinski definition) is 1. The van der Waals surface area contributed by atoms with E-state index in [1.807, 2.05) is 24.3 Å². The Morgan fingerprint density at radius 2 is 1.68 bits per heavy atom. The van der Waals surface area contributed by atoms with Crippen LogP contribution in [0.25, 0.3) is 17.3 Å². The average molecular weight is 364 g/mol. The summed E-state index contributed by atoms with van der Waals surface area (Å²) >= 11 is 2.15. The summed E-state index contributed by atoms with van der Waals surface area (Å²) in [5, 5.41) is 4.35. The van der Waals surface area contributed by atoms with Gasteiger partial charge in [-0.25, -0.2) is 15.0 Å². The van der Waals surface area contributed by atoms with E-state index in [9.17, 15) is 0 Å². The summed E-state index contributed by atoms with van der Waals surface area (Å²) in [7, 11) is 0. The van der Waals surface area contributed by atoms with Gasteiger partial charge in [0.1, 0.15) is 6.33 Å². The molecule has 2 N–H and O–H groups in total. The lowest BCUT2D eigenvalue weighted by Crippen LogP contribution is -2.01. The Kier molecular flexibility index (Phi) is 3.11. The minimum atomic E-state index is 0.495. The minimum absolute atomic E-state index is 0.495. The number of nitrogens with two attached hydrogens (primary N) is 1. The van der Waals surface area contributed by atoms with E-state index in [1.165, 1.54) is 0 Å². The van der Waals surface area contributed by atoms with Crippen LogP contribution in [0.3, 0.4) is 0 Å². The zero-order valence-corrected chi connectivity index (χ0v) is 11.9. The van der Waals surface area contributed by atoms with Crippen LogP contribution in [0.1, 0.15) is 0 Å². The standard InChI is InChI=1S/C12H9IN6/c13-9-5-15-12(16-6-9)19-7-17-11(18-19)8-1-3-10(14)4-2-8/h1-7H,14H2. The van der Waals surface area contributed by atoms with Gasteiger partial charge in [-0.15, -0.1) is 5.10 Å². The molecule has 0 saturated heterocycles. The van der Waals surface area contributed by atoms with Crippen LogP contribution in [0.4, 0.5) is 5.69 Å². The Morgan fingerprint density at radius 1 is 1.00 bits per heavy atom. The molecule has 3 rings (SSSR count). The van der Waals surface area contributed by atoms with Crippen molar-refractivity contribution in [1.29, 1.82) is 0 Å². The normalized spacial score (nSPS) is 10.6. The van der Waals surface area contributed by atoms with Crippen molar-refractivity contribution in [2.75, 3.05) is 5.73 Å². The van der Waals surface area contributed by atoms with Gasteiger partial charge in [-0.05, 0) is 46.9 Å². The summed E-state index contributed by atoms with van der Waals surface area (Å²) in [4.78, 5) is 12.6. The topological polar surface area (TPSA) is 82.5 Å². The van der Waals surface area contributed by atoms with Crippen LogP contribution in [-0.2, 0) is 0 Å². The maximum absolute atomic E-state index is 5.65. The van der Waals surface area contributed by atoms with Crippen molar-refractivity contribution < 1.29 is 0 Å². The first-order valence-corrected chi connectivity index (χ1v) is 6.56. The molecule has 0 atom stereocenters. The summed E-state index contributed by atoms with van der Waals surface area (Å²) in [6, 6.07) is 7.39. The van der Waals surface area contributed by atoms with Gasteiger partial charge in [0, 0.05) is 27.2 Å². The lowest BCUT2D eigenvalue weighted by Gasteiger charge is -1.98. The Morgan fingerprint density at radius 3 is 2.37 bits per heavy atom. The lowest BCUT2D eigenvalue weighted by atomic mass is 10.2. The van der Waals surface area contributed by atoms with E-state index in [1.54, 1.807) is 23.4 Å². The maximum Gasteiger partial charge on any atom is 0.252 e. The van der Waals surface area contributed by atoms with E-state index in [-0.39, 0.29) is 0 Å². The Balaban J connectivity index is 1.95. The zero-order chi connectivity index (χ0) is 13.2. The van der Waals surface area contributed by atoms with Gasteiger partial charge in [0.15, 0.2) is 5.82 Å². The minimum Gasteiger partial charge on any atom is -0.399 e. The molecule has 94 valence electrons. The van der Waals surface area contributed by atoms with E-state index in [0.29, 0.717) is 17.5 Å². The van der Waals surface area contributed by atoms with Gasteiger partial charge < -0.3 is 5.73 Å². The summed E-state index contributed by atoms with van der Waals surface area (Å²) < 4.78 is 2.52. The molecule has 0 unspecified atom stereocenters. The lowest BCUT2D eigenvalue weighted by molar-refractivity contribution is 0.807. The molecule has 3 aromatic rings. The van der Waals surface area contributed by atoms with E-state index >= 15 is 0 Å². The average Bonchev–Trinajstić information content (AvgIpc) is 2.90. The van der Waals surface area contributed by atoms with Gasteiger partial charge in [-0.2, -0.15) is 4.68 Å². The number of anilines is 1. The van der Waals surface area contributed by atoms with Crippen LogP contribution in [-0.4, -0.2) is 24.7 Å². The molecule has 0 amide bonds. The first-order chi connectivity index (χ1) is 9.22. The fourth-order valence-electron chi connectivity index (χ4n) is 1.55. The molecule has 7 heteroatoms. The van der Waals surface area contributed by atoms with Crippen molar-refractivity contribution in [3.63, 3.8) is 0 Å². The number of aromatic nitrogens is 5. The molecule has 0 aliphatic rings. The zero-order valence-electron chi connectivity index (χ0n) is 9.73. The monoisotopic (exact) mass is 364 g/mol. The van der Waals surface area contributed by atoms with Crippen LogP contribution in [0, 0.1) is 3.57 Å². The van der Waals surface area contributed by atoms with Crippen LogP contribution in [0.2, 0.25) is 0 Å². The molecular formula is C12H9IN6. The second-order valence-electron chi connectivity index (χ2n) is 3.84. The number of hydrogen-bond acceptors (Lipinski definition) is 5. The quantitative estimate of drug-likeness (QED) is 0.555.